The van der Waals surface area contributed by atoms with E-state index in [1.807, 2.05) is 6.07 Å². The van der Waals surface area contributed by atoms with E-state index in [2.05, 4.69) is 0 Å². The maximum absolute atomic E-state index is 13.1. The number of ether oxygens (including phenoxy) is 1. The van der Waals surface area contributed by atoms with Crippen molar-refractivity contribution in [2.75, 3.05) is 7.11 Å². The van der Waals surface area contributed by atoms with Crippen LogP contribution in [-0.2, 0) is 4.79 Å². The van der Waals surface area contributed by atoms with Crippen LogP contribution >= 0.6 is 11.8 Å². The summed E-state index contributed by atoms with van der Waals surface area (Å²) in [5.74, 6) is -1.18. The quantitative estimate of drug-likeness (QED) is 0.240. The highest BCUT2D eigenvalue weighted by molar-refractivity contribution is 7.99. The molecule has 1 unspecified atom stereocenters. The SMILES string of the molecule is COc1cccc(SC(C2=C(O)c3ccccc3C(=O)C2=O)c2ccc([N+](=O)[O-])cc2)c1. The number of nitrogens with zero attached hydrogens (tertiary/aromatic N) is 1. The van der Waals surface area contributed by atoms with Gasteiger partial charge in [0.2, 0.25) is 11.6 Å². The van der Waals surface area contributed by atoms with Crippen molar-refractivity contribution < 1.29 is 24.4 Å². The molecule has 3 aromatic carbocycles. The molecule has 0 amide bonds. The average molecular weight is 447 g/mol. The minimum Gasteiger partial charge on any atom is -0.507 e. The van der Waals surface area contributed by atoms with Crippen molar-refractivity contribution in [3.63, 3.8) is 0 Å². The van der Waals surface area contributed by atoms with Crippen molar-refractivity contribution in [1.29, 1.82) is 0 Å². The molecule has 1 N–H and O–H groups in total. The number of ketones is 2. The highest BCUT2D eigenvalue weighted by Crippen LogP contribution is 2.46. The molecule has 3 aromatic rings. The number of non-ortho nitro benzene ring substituents is 1. The zero-order valence-corrected chi connectivity index (χ0v) is 17.7. The highest BCUT2D eigenvalue weighted by Gasteiger charge is 2.38. The van der Waals surface area contributed by atoms with Gasteiger partial charge in [0.1, 0.15) is 11.5 Å². The third kappa shape index (κ3) is 3.88. The fourth-order valence-corrected chi connectivity index (χ4v) is 4.75. The zero-order valence-electron chi connectivity index (χ0n) is 16.8. The average Bonchev–Trinajstić information content (AvgIpc) is 2.82. The predicted molar refractivity (Wildman–Crippen MR) is 120 cm³/mol. The number of aliphatic hydroxyl groups is 1. The van der Waals surface area contributed by atoms with Crippen molar-refractivity contribution in [3.05, 3.63) is 105 Å². The summed E-state index contributed by atoms with van der Waals surface area (Å²) < 4.78 is 5.26. The van der Waals surface area contributed by atoms with Crippen LogP contribution in [0.1, 0.15) is 26.7 Å². The first kappa shape index (κ1) is 21.3. The van der Waals surface area contributed by atoms with Gasteiger partial charge in [0.25, 0.3) is 5.69 Å². The lowest BCUT2D eigenvalue weighted by molar-refractivity contribution is -0.384. The number of nitro groups is 1. The molecule has 32 heavy (non-hydrogen) atoms. The molecular weight excluding hydrogens is 430 g/mol. The highest BCUT2D eigenvalue weighted by atomic mass is 32.2. The predicted octanol–water partition coefficient (Wildman–Crippen LogP) is 5.17. The molecule has 1 aliphatic rings. The van der Waals surface area contributed by atoms with Gasteiger partial charge in [-0.05, 0) is 23.8 Å². The number of thioether (sulfide) groups is 1. The number of aliphatic hydroxyl groups excluding tert-OH is 1. The van der Waals surface area contributed by atoms with Crippen molar-refractivity contribution in [1.82, 2.24) is 0 Å². The van der Waals surface area contributed by atoms with Crippen molar-refractivity contribution in [2.24, 2.45) is 0 Å². The fraction of sp³-hybridized carbons (Fsp3) is 0.0833. The fourth-order valence-electron chi connectivity index (χ4n) is 3.50. The van der Waals surface area contributed by atoms with E-state index < -0.39 is 21.7 Å². The van der Waals surface area contributed by atoms with Gasteiger partial charge in [-0.3, -0.25) is 19.7 Å². The van der Waals surface area contributed by atoms with Crippen molar-refractivity contribution in [3.8, 4) is 5.75 Å². The van der Waals surface area contributed by atoms with Gasteiger partial charge in [0.05, 0.1) is 22.9 Å². The molecule has 0 fully saturated rings. The number of rotatable bonds is 6. The van der Waals surface area contributed by atoms with Crippen LogP contribution in [0.2, 0.25) is 0 Å². The number of hydrogen-bond donors (Lipinski definition) is 1. The Morgan fingerprint density at radius 1 is 0.938 bits per heavy atom. The summed E-state index contributed by atoms with van der Waals surface area (Å²) in [6.07, 6.45) is 0. The Morgan fingerprint density at radius 3 is 2.28 bits per heavy atom. The second-order valence-corrected chi connectivity index (χ2v) is 8.17. The third-order valence-corrected chi connectivity index (χ3v) is 6.37. The van der Waals surface area contributed by atoms with Gasteiger partial charge in [0.15, 0.2) is 0 Å². The first-order chi connectivity index (χ1) is 15.4. The summed E-state index contributed by atoms with van der Waals surface area (Å²) in [5, 5.41) is 21.3. The second kappa shape index (κ2) is 8.68. The number of methoxy groups -OCH3 is 1. The smallest absolute Gasteiger partial charge is 0.269 e. The number of carbonyl (C=O) groups excluding carboxylic acids is 2. The number of nitro benzene ring substituents is 1. The van der Waals surface area contributed by atoms with Crippen molar-refractivity contribution in [2.45, 2.75) is 10.1 Å². The molecule has 0 aromatic heterocycles. The Kier molecular flexibility index (Phi) is 5.79. The molecule has 1 atom stereocenters. The van der Waals surface area contributed by atoms with Gasteiger partial charge in [-0.25, -0.2) is 0 Å². The maximum Gasteiger partial charge on any atom is 0.269 e. The Hall–Kier alpha value is -3.91. The van der Waals surface area contributed by atoms with E-state index in [9.17, 15) is 24.8 Å². The van der Waals surface area contributed by atoms with Gasteiger partial charge in [-0.15, -0.1) is 11.8 Å². The lowest BCUT2D eigenvalue weighted by atomic mass is 9.85. The van der Waals surface area contributed by atoms with E-state index in [0.29, 0.717) is 11.3 Å². The van der Waals surface area contributed by atoms with Crippen LogP contribution in [0.25, 0.3) is 5.76 Å². The summed E-state index contributed by atoms with van der Waals surface area (Å²) in [6.45, 7) is 0. The third-order valence-electron chi connectivity index (χ3n) is 5.10. The van der Waals surface area contributed by atoms with E-state index in [1.54, 1.807) is 36.4 Å². The van der Waals surface area contributed by atoms with E-state index in [1.165, 1.54) is 49.2 Å². The number of Topliss-reactive ketones (excluding diaryl/α,β-unsaturated/α-hetero) is 2. The molecule has 160 valence electrons. The zero-order chi connectivity index (χ0) is 22.8. The molecular formula is C24H17NO6S. The molecule has 0 spiro atoms. The van der Waals surface area contributed by atoms with Gasteiger partial charge in [0, 0.05) is 28.2 Å². The minimum absolute atomic E-state index is 0.0598. The largest absolute Gasteiger partial charge is 0.507 e. The maximum atomic E-state index is 13.1. The van der Waals surface area contributed by atoms with Crippen LogP contribution in [0.5, 0.6) is 5.75 Å². The molecule has 0 bridgehead atoms. The number of fused-ring (bicyclic) bond motifs is 1. The molecule has 4 rings (SSSR count). The lowest BCUT2D eigenvalue weighted by Gasteiger charge is -2.25. The lowest BCUT2D eigenvalue weighted by Crippen LogP contribution is -2.26. The summed E-state index contributed by atoms with van der Waals surface area (Å²) in [7, 11) is 1.53. The van der Waals surface area contributed by atoms with Gasteiger partial charge in [-0.1, -0.05) is 42.5 Å². The standard InChI is InChI=1S/C24H17NO6S/c1-31-16-5-4-6-17(13-16)32-24(14-9-11-15(12-10-14)25(29)30)20-21(26)18-7-2-3-8-19(18)22(27)23(20)28/h2-13,24,26H,1H3. The normalized spacial score (nSPS) is 14.2. The van der Waals surface area contributed by atoms with Gasteiger partial charge < -0.3 is 9.84 Å². The summed E-state index contributed by atoms with van der Waals surface area (Å²) >= 11 is 1.24. The topological polar surface area (TPSA) is 107 Å². The first-order valence-electron chi connectivity index (χ1n) is 9.57. The molecule has 0 heterocycles. The van der Waals surface area contributed by atoms with Crippen LogP contribution in [0.3, 0.4) is 0 Å². The second-order valence-electron chi connectivity index (χ2n) is 6.99. The summed E-state index contributed by atoms with van der Waals surface area (Å²) in [4.78, 5) is 37.2. The van der Waals surface area contributed by atoms with E-state index in [4.69, 9.17) is 4.74 Å². The van der Waals surface area contributed by atoms with Crippen LogP contribution in [0, 0.1) is 10.1 Å². The Morgan fingerprint density at radius 2 is 1.62 bits per heavy atom. The number of benzene rings is 3. The van der Waals surface area contributed by atoms with E-state index in [-0.39, 0.29) is 28.1 Å². The first-order valence-corrected chi connectivity index (χ1v) is 10.4. The van der Waals surface area contributed by atoms with Crippen LogP contribution in [0.15, 0.2) is 83.3 Å². The summed E-state index contributed by atoms with van der Waals surface area (Å²) in [6, 6.07) is 19.2. The van der Waals surface area contributed by atoms with Gasteiger partial charge in [-0.2, -0.15) is 0 Å². The molecule has 0 aliphatic heterocycles. The van der Waals surface area contributed by atoms with E-state index >= 15 is 0 Å². The Bertz CT molecular complexity index is 1270. The van der Waals surface area contributed by atoms with Crippen LogP contribution in [-0.4, -0.2) is 28.7 Å². The van der Waals surface area contributed by atoms with Gasteiger partial charge >= 0.3 is 0 Å². The molecule has 0 radical (unpaired) electrons. The summed E-state index contributed by atoms with van der Waals surface area (Å²) in [5.41, 5.74) is 0.798. The van der Waals surface area contributed by atoms with Crippen molar-refractivity contribution >= 4 is 34.8 Å². The molecule has 8 heteroatoms. The molecule has 1 aliphatic carbocycles. The number of hydrogen-bond acceptors (Lipinski definition) is 7. The monoisotopic (exact) mass is 447 g/mol. The molecule has 7 nitrogen and oxygen atoms in total. The van der Waals surface area contributed by atoms with E-state index in [0.717, 1.165) is 4.90 Å². The van der Waals surface area contributed by atoms with Crippen LogP contribution < -0.4 is 4.74 Å². The Balaban J connectivity index is 1.87. The minimum atomic E-state index is -0.806. The molecule has 0 saturated carbocycles. The Labute approximate surface area is 187 Å². The molecule has 0 saturated heterocycles. The van der Waals surface area contributed by atoms with Crippen LogP contribution in [0.4, 0.5) is 5.69 Å². The number of carbonyl (C=O) groups is 2.